The van der Waals surface area contributed by atoms with Crippen LogP contribution in [0.3, 0.4) is 0 Å². The maximum atomic E-state index is 12.1. The van der Waals surface area contributed by atoms with Crippen molar-refractivity contribution in [3.8, 4) is 0 Å². The van der Waals surface area contributed by atoms with Gasteiger partial charge in [-0.25, -0.2) is 0 Å². The van der Waals surface area contributed by atoms with Crippen molar-refractivity contribution in [1.82, 2.24) is 4.90 Å². The summed E-state index contributed by atoms with van der Waals surface area (Å²) in [6, 6.07) is 2.76. The number of nitrogen functional groups attached to an aromatic ring is 1. The second-order valence-electron chi connectivity index (χ2n) is 4.30. The maximum Gasteiger partial charge on any atom is 0.294 e. The van der Waals surface area contributed by atoms with E-state index in [0.717, 1.165) is 12.8 Å². The molecular formula is C11H12ClN3O3. The average Bonchev–Trinajstić information content (AvgIpc) is 3.14. The Morgan fingerprint density at radius 3 is 2.67 bits per heavy atom. The van der Waals surface area contributed by atoms with Gasteiger partial charge in [-0.05, 0) is 18.9 Å². The molecule has 0 bridgehead atoms. The van der Waals surface area contributed by atoms with Gasteiger partial charge in [-0.1, -0.05) is 11.6 Å². The molecule has 96 valence electrons. The van der Waals surface area contributed by atoms with Crippen molar-refractivity contribution >= 4 is 28.9 Å². The van der Waals surface area contributed by atoms with Gasteiger partial charge in [0.05, 0.1) is 9.95 Å². The van der Waals surface area contributed by atoms with E-state index >= 15 is 0 Å². The van der Waals surface area contributed by atoms with Gasteiger partial charge in [0.25, 0.3) is 11.6 Å². The van der Waals surface area contributed by atoms with Crippen LogP contribution in [-0.4, -0.2) is 28.8 Å². The van der Waals surface area contributed by atoms with Gasteiger partial charge in [0.1, 0.15) is 5.69 Å². The van der Waals surface area contributed by atoms with E-state index in [0.29, 0.717) is 0 Å². The highest BCUT2D eigenvalue weighted by Gasteiger charge is 2.31. The highest BCUT2D eigenvalue weighted by Crippen LogP contribution is 2.33. The summed E-state index contributed by atoms with van der Waals surface area (Å²) in [5, 5.41) is 10.8. The van der Waals surface area contributed by atoms with Crippen LogP contribution in [0.2, 0.25) is 5.02 Å². The predicted molar refractivity (Wildman–Crippen MR) is 67.6 cm³/mol. The average molecular weight is 270 g/mol. The van der Waals surface area contributed by atoms with Crippen molar-refractivity contribution < 1.29 is 9.72 Å². The summed E-state index contributed by atoms with van der Waals surface area (Å²) < 4.78 is 0. The van der Waals surface area contributed by atoms with Gasteiger partial charge < -0.3 is 10.6 Å². The Morgan fingerprint density at radius 1 is 1.56 bits per heavy atom. The van der Waals surface area contributed by atoms with Gasteiger partial charge in [-0.2, -0.15) is 0 Å². The summed E-state index contributed by atoms with van der Waals surface area (Å²) in [5.41, 5.74) is 5.24. The summed E-state index contributed by atoms with van der Waals surface area (Å²) in [6.45, 7) is 0. The first-order chi connectivity index (χ1) is 8.41. The number of benzene rings is 1. The molecule has 0 aromatic heterocycles. The number of nitrogens with zero attached hydrogens (tertiary/aromatic N) is 2. The topological polar surface area (TPSA) is 89.5 Å². The van der Waals surface area contributed by atoms with E-state index in [1.54, 1.807) is 11.9 Å². The third kappa shape index (κ3) is 2.24. The maximum absolute atomic E-state index is 12.1. The number of anilines is 1. The van der Waals surface area contributed by atoms with Crippen molar-refractivity contribution in [3.63, 3.8) is 0 Å². The standard InChI is InChI=1S/C11H12ClN3O3/c1-14(7-2-3-7)11(16)6-4-8(12)10(13)9(5-6)15(17)18/h4-5,7H,2-3,13H2,1H3. The number of carbonyl (C=O) groups is 1. The lowest BCUT2D eigenvalue weighted by Gasteiger charge is -2.16. The first-order valence-corrected chi connectivity index (χ1v) is 5.80. The van der Waals surface area contributed by atoms with Crippen LogP contribution in [0.15, 0.2) is 12.1 Å². The zero-order valence-corrected chi connectivity index (χ0v) is 10.5. The molecule has 0 spiro atoms. The van der Waals surface area contributed by atoms with E-state index in [2.05, 4.69) is 0 Å². The Bertz CT molecular complexity index is 529. The first-order valence-electron chi connectivity index (χ1n) is 5.42. The Hall–Kier alpha value is -1.82. The first kappa shape index (κ1) is 12.6. The zero-order chi connectivity index (χ0) is 13.4. The highest BCUT2D eigenvalue weighted by atomic mass is 35.5. The van der Waals surface area contributed by atoms with E-state index in [1.807, 2.05) is 0 Å². The Balaban J connectivity index is 2.39. The van der Waals surface area contributed by atoms with E-state index in [-0.39, 0.29) is 33.9 Å². The zero-order valence-electron chi connectivity index (χ0n) is 9.72. The lowest BCUT2D eigenvalue weighted by atomic mass is 10.1. The molecule has 1 aliphatic rings. The number of nitro groups is 1. The monoisotopic (exact) mass is 269 g/mol. The summed E-state index contributed by atoms with van der Waals surface area (Å²) >= 11 is 5.81. The Labute approximate surface area is 108 Å². The van der Waals surface area contributed by atoms with Crippen LogP contribution in [0, 0.1) is 10.1 Å². The fourth-order valence-electron chi connectivity index (χ4n) is 1.71. The number of halogens is 1. The quantitative estimate of drug-likeness (QED) is 0.517. The molecule has 1 fully saturated rings. The van der Waals surface area contributed by atoms with Crippen LogP contribution in [0.5, 0.6) is 0 Å². The largest absolute Gasteiger partial charge is 0.392 e. The van der Waals surface area contributed by atoms with Crippen LogP contribution in [-0.2, 0) is 0 Å². The van der Waals surface area contributed by atoms with Crippen molar-refractivity contribution in [3.05, 3.63) is 32.8 Å². The molecule has 0 saturated heterocycles. The van der Waals surface area contributed by atoms with Gasteiger partial charge in [0, 0.05) is 24.7 Å². The minimum absolute atomic E-state index is 0.0248. The van der Waals surface area contributed by atoms with Gasteiger partial charge in [0.15, 0.2) is 0 Å². The molecule has 18 heavy (non-hydrogen) atoms. The molecule has 0 aliphatic heterocycles. The second-order valence-corrected chi connectivity index (χ2v) is 4.70. The fourth-order valence-corrected chi connectivity index (χ4v) is 1.92. The minimum Gasteiger partial charge on any atom is -0.392 e. The molecule has 0 atom stereocenters. The molecule has 6 nitrogen and oxygen atoms in total. The second kappa shape index (κ2) is 4.45. The summed E-state index contributed by atoms with van der Waals surface area (Å²) in [7, 11) is 1.68. The van der Waals surface area contributed by atoms with Crippen LogP contribution in [0.1, 0.15) is 23.2 Å². The molecule has 7 heteroatoms. The molecule has 1 saturated carbocycles. The summed E-state index contributed by atoms with van der Waals surface area (Å²) in [6.07, 6.45) is 1.93. The third-order valence-electron chi connectivity index (χ3n) is 2.97. The summed E-state index contributed by atoms with van der Waals surface area (Å²) in [5.74, 6) is -0.275. The van der Waals surface area contributed by atoms with Crippen LogP contribution >= 0.6 is 11.6 Å². The third-order valence-corrected chi connectivity index (χ3v) is 3.28. The van der Waals surface area contributed by atoms with E-state index in [9.17, 15) is 14.9 Å². The van der Waals surface area contributed by atoms with Gasteiger partial charge in [0.2, 0.25) is 0 Å². The van der Waals surface area contributed by atoms with Crippen molar-refractivity contribution in [2.45, 2.75) is 18.9 Å². The number of carbonyl (C=O) groups excluding carboxylic acids is 1. The molecule has 1 aromatic carbocycles. The lowest BCUT2D eigenvalue weighted by molar-refractivity contribution is -0.383. The Morgan fingerprint density at radius 2 is 2.17 bits per heavy atom. The van der Waals surface area contributed by atoms with Crippen LogP contribution in [0.4, 0.5) is 11.4 Å². The smallest absolute Gasteiger partial charge is 0.294 e. The van der Waals surface area contributed by atoms with Gasteiger partial charge >= 0.3 is 0 Å². The Kier molecular flexibility index (Phi) is 3.13. The molecule has 1 aromatic rings. The predicted octanol–water partition coefficient (Wildman–Crippen LogP) is 2.06. The molecule has 1 amide bonds. The molecule has 0 unspecified atom stereocenters. The number of nitrogens with two attached hydrogens (primary N) is 1. The van der Waals surface area contributed by atoms with Gasteiger partial charge in [-0.3, -0.25) is 14.9 Å². The van der Waals surface area contributed by atoms with E-state index < -0.39 is 4.92 Å². The van der Waals surface area contributed by atoms with Crippen LogP contribution < -0.4 is 5.73 Å². The number of hydrogen-bond acceptors (Lipinski definition) is 4. The SMILES string of the molecule is CN(C(=O)c1cc(Cl)c(N)c([N+](=O)[O-])c1)C1CC1. The van der Waals surface area contributed by atoms with Crippen molar-refractivity contribution in [1.29, 1.82) is 0 Å². The molecule has 2 rings (SSSR count). The van der Waals surface area contributed by atoms with Crippen LogP contribution in [0.25, 0.3) is 0 Å². The number of rotatable bonds is 3. The lowest BCUT2D eigenvalue weighted by Crippen LogP contribution is -2.28. The molecule has 0 radical (unpaired) electrons. The normalized spacial score (nSPS) is 14.3. The molecule has 0 heterocycles. The number of nitro benzene ring substituents is 1. The number of amides is 1. The molecule has 2 N–H and O–H groups in total. The van der Waals surface area contributed by atoms with E-state index in [1.165, 1.54) is 12.1 Å². The minimum atomic E-state index is -0.644. The van der Waals surface area contributed by atoms with E-state index in [4.69, 9.17) is 17.3 Å². The van der Waals surface area contributed by atoms with Crippen molar-refractivity contribution in [2.24, 2.45) is 0 Å². The van der Waals surface area contributed by atoms with Crippen molar-refractivity contribution in [2.75, 3.05) is 12.8 Å². The fraction of sp³-hybridized carbons (Fsp3) is 0.364. The van der Waals surface area contributed by atoms with Gasteiger partial charge in [-0.15, -0.1) is 0 Å². The number of hydrogen-bond donors (Lipinski definition) is 1. The highest BCUT2D eigenvalue weighted by molar-refractivity contribution is 6.34. The molecule has 1 aliphatic carbocycles. The molecular weight excluding hydrogens is 258 g/mol. The summed E-state index contributed by atoms with van der Waals surface area (Å²) in [4.78, 5) is 23.8.